The molecule has 1 aromatic heterocycles. The minimum atomic E-state index is -0.490. The summed E-state index contributed by atoms with van der Waals surface area (Å²) in [6, 6.07) is 17.3. The van der Waals surface area contributed by atoms with E-state index in [1.807, 2.05) is 42.6 Å². The van der Waals surface area contributed by atoms with Gasteiger partial charge in [0.05, 0.1) is 0 Å². The minimum Gasteiger partial charge on any atom is -0.353 e. The molecule has 2 aromatic carbocycles. The largest absolute Gasteiger partial charge is 0.353 e. The number of carbonyl (C=O) groups excluding carboxylic acids is 2. The fourth-order valence-electron chi connectivity index (χ4n) is 3.51. The highest BCUT2D eigenvalue weighted by atomic mass is 16.2. The summed E-state index contributed by atoms with van der Waals surface area (Å²) in [5.41, 5.74) is 2.84. The summed E-state index contributed by atoms with van der Waals surface area (Å²) in [6.45, 7) is 3.49. The van der Waals surface area contributed by atoms with Gasteiger partial charge in [-0.25, -0.2) is 0 Å². The molecule has 132 valence electrons. The fourth-order valence-corrected chi connectivity index (χ4v) is 3.51. The van der Waals surface area contributed by atoms with Crippen LogP contribution in [-0.4, -0.2) is 33.9 Å². The number of carbonyl (C=O) groups is 2. The smallest absolute Gasteiger partial charge is 0.255 e. The van der Waals surface area contributed by atoms with E-state index in [1.165, 1.54) is 5.39 Å². The molecule has 5 heteroatoms. The molecule has 2 amide bonds. The molecule has 2 heterocycles. The molecule has 0 fully saturated rings. The Morgan fingerprint density at radius 3 is 2.73 bits per heavy atom. The highest BCUT2D eigenvalue weighted by Crippen LogP contribution is 2.24. The number of amides is 2. The normalized spacial score (nSPS) is 14.5. The Balaban J connectivity index is 1.36. The Kier molecular flexibility index (Phi) is 4.21. The van der Waals surface area contributed by atoms with Crippen LogP contribution in [0.5, 0.6) is 0 Å². The van der Waals surface area contributed by atoms with Crippen molar-refractivity contribution in [1.82, 2.24) is 14.8 Å². The summed E-state index contributed by atoms with van der Waals surface area (Å²) >= 11 is 0. The Bertz CT molecular complexity index is 976. The van der Waals surface area contributed by atoms with Gasteiger partial charge in [0.1, 0.15) is 6.04 Å². The van der Waals surface area contributed by atoms with Crippen LogP contribution in [0.2, 0.25) is 0 Å². The summed E-state index contributed by atoms with van der Waals surface area (Å²) in [4.78, 5) is 26.6. The van der Waals surface area contributed by atoms with Crippen molar-refractivity contribution in [3.8, 4) is 0 Å². The maximum Gasteiger partial charge on any atom is 0.255 e. The van der Waals surface area contributed by atoms with E-state index in [0.717, 1.165) is 11.1 Å². The first kappa shape index (κ1) is 16.4. The number of fused-ring (bicyclic) bond motifs is 2. The molecule has 26 heavy (non-hydrogen) atoms. The van der Waals surface area contributed by atoms with Crippen LogP contribution in [0.4, 0.5) is 0 Å². The molecule has 0 radical (unpaired) electrons. The minimum absolute atomic E-state index is 0.0698. The van der Waals surface area contributed by atoms with Crippen molar-refractivity contribution in [2.45, 2.75) is 26.1 Å². The van der Waals surface area contributed by atoms with E-state index in [-0.39, 0.29) is 11.8 Å². The van der Waals surface area contributed by atoms with Crippen molar-refractivity contribution in [3.05, 3.63) is 71.9 Å². The Morgan fingerprint density at radius 2 is 1.88 bits per heavy atom. The molecule has 4 rings (SSSR count). The molecule has 0 bridgehead atoms. The van der Waals surface area contributed by atoms with Crippen LogP contribution >= 0.6 is 0 Å². The molecule has 1 atom stereocenters. The highest BCUT2D eigenvalue weighted by Gasteiger charge is 2.33. The van der Waals surface area contributed by atoms with E-state index < -0.39 is 6.04 Å². The zero-order valence-electron chi connectivity index (χ0n) is 14.7. The monoisotopic (exact) mass is 347 g/mol. The molecule has 1 aliphatic rings. The van der Waals surface area contributed by atoms with Gasteiger partial charge in [0, 0.05) is 36.9 Å². The van der Waals surface area contributed by atoms with Gasteiger partial charge in [-0.1, -0.05) is 36.4 Å². The maximum atomic E-state index is 12.5. The van der Waals surface area contributed by atoms with Crippen LogP contribution in [0, 0.1) is 0 Å². The van der Waals surface area contributed by atoms with Gasteiger partial charge < -0.3 is 14.8 Å². The van der Waals surface area contributed by atoms with Gasteiger partial charge in [-0.3, -0.25) is 9.59 Å². The Hall–Kier alpha value is -3.08. The van der Waals surface area contributed by atoms with Crippen molar-refractivity contribution in [2.75, 3.05) is 6.54 Å². The number of para-hydroxylation sites is 1. The van der Waals surface area contributed by atoms with Crippen LogP contribution in [0.15, 0.2) is 60.8 Å². The van der Waals surface area contributed by atoms with Crippen molar-refractivity contribution in [2.24, 2.45) is 0 Å². The second-order valence-corrected chi connectivity index (χ2v) is 6.63. The van der Waals surface area contributed by atoms with Gasteiger partial charge >= 0.3 is 0 Å². The average Bonchev–Trinajstić information content (AvgIpc) is 3.23. The zero-order valence-corrected chi connectivity index (χ0v) is 14.7. The lowest BCUT2D eigenvalue weighted by Gasteiger charge is -2.23. The first-order valence-electron chi connectivity index (χ1n) is 8.85. The van der Waals surface area contributed by atoms with E-state index in [4.69, 9.17) is 0 Å². The van der Waals surface area contributed by atoms with Crippen molar-refractivity contribution in [1.29, 1.82) is 0 Å². The molecule has 0 saturated heterocycles. The van der Waals surface area contributed by atoms with E-state index in [0.29, 0.717) is 25.2 Å². The van der Waals surface area contributed by atoms with E-state index in [1.54, 1.807) is 11.8 Å². The lowest BCUT2D eigenvalue weighted by molar-refractivity contribution is -0.125. The molecular formula is C21H21N3O2. The highest BCUT2D eigenvalue weighted by molar-refractivity contribution is 6.01. The summed E-state index contributed by atoms with van der Waals surface area (Å²) in [6.07, 6.45) is 2.03. The standard InChI is InChI=1S/C21H21N3O2/c1-15(24-14-17-7-2-4-8-18(17)21(24)26)20(25)22-11-13-23-12-10-16-6-3-5-9-19(16)23/h2-10,12,15H,11,13-14H2,1H3,(H,22,25). The topological polar surface area (TPSA) is 54.3 Å². The third-order valence-corrected chi connectivity index (χ3v) is 5.03. The van der Waals surface area contributed by atoms with Gasteiger partial charge in [0.25, 0.3) is 5.91 Å². The number of nitrogens with one attached hydrogen (secondary N) is 1. The fraction of sp³-hybridized carbons (Fsp3) is 0.238. The summed E-state index contributed by atoms with van der Waals surface area (Å²) in [7, 11) is 0. The van der Waals surface area contributed by atoms with Gasteiger partial charge in [-0.05, 0) is 36.1 Å². The van der Waals surface area contributed by atoms with Crippen LogP contribution in [0.25, 0.3) is 10.9 Å². The Morgan fingerprint density at radius 1 is 1.12 bits per heavy atom. The van der Waals surface area contributed by atoms with E-state index >= 15 is 0 Å². The van der Waals surface area contributed by atoms with Crippen molar-refractivity contribution < 1.29 is 9.59 Å². The second-order valence-electron chi connectivity index (χ2n) is 6.63. The number of hydrogen-bond donors (Lipinski definition) is 1. The summed E-state index contributed by atoms with van der Waals surface area (Å²) in [5, 5.41) is 4.14. The average molecular weight is 347 g/mol. The van der Waals surface area contributed by atoms with Crippen LogP contribution in [0.1, 0.15) is 22.8 Å². The van der Waals surface area contributed by atoms with Gasteiger partial charge in [-0.15, -0.1) is 0 Å². The lowest BCUT2D eigenvalue weighted by Crippen LogP contribution is -2.45. The Labute approximate surface area is 152 Å². The molecule has 3 aromatic rings. The maximum absolute atomic E-state index is 12.5. The van der Waals surface area contributed by atoms with Crippen LogP contribution in [0.3, 0.4) is 0 Å². The number of benzene rings is 2. The first-order valence-corrected chi connectivity index (χ1v) is 8.85. The molecule has 0 saturated carbocycles. The second kappa shape index (κ2) is 6.67. The SMILES string of the molecule is CC(C(=O)NCCn1ccc2ccccc21)N1Cc2ccccc2C1=O. The van der Waals surface area contributed by atoms with Crippen molar-refractivity contribution >= 4 is 22.7 Å². The molecule has 1 N–H and O–H groups in total. The molecule has 1 aliphatic heterocycles. The molecule has 0 spiro atoms. The van der Waals surface area contributed by atoms with Crippen molar-refractivity contribution in [3.63, 3.8) is 0 Å². The molecule has 0 aliphatic carbocycles. The number of hydrogen-bond acceptors (Lipinski definition) is 2. The predicted octanol–water partition coefficient (Wildman–Crippen LogP) is 2.80. The predicted molar refractivity (Wildman–Crippen MR) is 101 cm³/mol. The molecular weight excluding hydrogens is 326 g/mol. The number of rotatable bonds is 5. The van der Waals surface area contributed by atoms with E-state index in [9.17, 15) is 9.59 Å². The quantitative estimate of drug-likeness (QED) is 0.772. The third-order valence-electron chi connectivity index (χ3n) is 5.03. The lowest BCUT2D eigenvalue weighted by atomic mass is 10.1. The van der Waals surface area contributed by atoms with Gasteiger partial charge in [-0.2, -0.15) is 0 Å². The first-order chi connectivity index (χ1) is 12.6. The molecule has 1 unspecified atom stereocenters. The number of nitrogens with zero attached hydrogens (tertiary/aromatic N) is 2. The van der Waals surface area contributed by atoms with Crippen LogP contribution in [-0.2, 0) is 17.9 Å². The zero-order chi connectivity index (χ0) is 18.1. The van der Waals surface area contributed by atoms with Gasteiger partial charge in [0.15, 0.2) is 0 Å². The van der Waals surface area contributed by atoms with E-state index in [2.05, 4.69) is 28.1 Å². The number of aromatic nitrogens is 1. The van der Waals surface area contributed by atoms with Crippen LogP contribution < -0.4 is 5.32 Å². The molecule has 5 nitrogen and oxygen atoms in total. The summed E-state index contributed by atoms with van der Waals surface area (Å²) in [5.74, 6) is -0.192. The van der Waals surface area contributed by atoms with Gasteiger partial charge in [0.2, 0.25) is 5.91 Å². The third kappa shape index (κ3) is 2.86. The summed E-state index contributed by atoms with van der Waals surface area (Å²) < 4.78 is 2.12.